The summed E-state index contributed by atoms with van der Waals surface area (Å²) in [4.78, 5) is 39.5. The van der Waals surface area contributed by atoms with Gasteiger partial charge in [-0.3, -0.25) is 4.79 Å². The molecule has 0 aromatic heterocycles. The van der Waals surface area contributed by atoms with Gasteiger partial charge in [-0.25, -0.2) is 9.59 Å². The molecule has 2 unspecified atom stereocenters. The zero-order chi connectivity index (χ0) is 29.1. The molecule has 2 aromatic carbocycles. The first-order chi connectivity index (χ1) is 19.6. The van der Waals surface area contributed by atoms with E-state index in [1.54, 1.807) is 43.5 Å². The second-order valence-corrected chi connectivity index (χ2v) is 11.2. The molecule has 0 saturated carbocycles. The van der Waals surface area contributed by atoms with Crippen molar-refractivity contribution >= 4 is 17.8 Å². The number of hydrogen-bond donors (Lipinski definition) is 4. The van der Waals surface area contributed by atoms with Crippen LogP contribution in [-0.4, -0.2) is 82.6 Å². The number of likely N-dealkylation sites (N-methyl/N-ethyl adjacent to an activating group) is 1. The molecule has 2 aliphatic carbocycles. The van der Waals surface area contributed by atoms with Gasteiger partial charge in [0.25, 0.3) is 0 Å². The summed E-state index contributed by atoms with van der Waals surface area (Å²) in [6.45, 7) is 0.707. The van der Waals surface area contributed by atoms with Crippen molar-refractivity contribution in [1.29, 1.82) is 0 Å². The van der Waals surface area contributed by atoms with Crippen LogP contribution in [0.2, 0.25) is 0 Å². The smallest absolute Gasteiger partial charge is 0.338 e. The summed E-state index contributed by atoms with van der Waals surface area (Å²) in [5.74, 6) is -1.89. The molecule has 2 bridgehead atoms. The Balaban J connectivity index is 1.35. The number of ether oxygens (including phenoxy) is 3. The van der Waals surface area contributed by atoms with Crippen molar-refractivity contribution in [2.75, 3.05) is 20.7 Å². The standard InChI is InChI=1S/C30H32N2O9/c1-32-13-12-29-23-17-8-9-19(39-2)25(23)41-26(29)20(10-11-30(29,38)21(32)14-17)40-28(37)24(16-6-4-3-5-7-16)31-22(34)15-18(33)27(35)36/h3-10,18,21,24,26,33,38H,11-15H2,1-2H3,(H,31,34)(H,35,36)/t18-,21+,24-,26?,29?,30+/m0/s1. The second-order valence-electron chi connectivity index (χ2n) is 11.2. The van der Waals surface area contributed by atoms with E-state index in [2.05, 4.69) is 10.2 Å². The molecule has 0 radical (unpaired) electrons. The van der Waals surface area contributed by atoms with E-state index in [1.807, 2.05) is 19.2 Å². The summed E-state index contributed by atoms with van der Waals surface area (Å²) in [5, 5.41) is 33.5. The number of aliphatic hydroxyl groups excluding tert-OH is 1. The predicted octanol–water partition coefficient (Wildman–Crippen LogP) is 1.21. The van der Waals surface area contributed by atoms with Crippen LogP contribution < -0.4 is 14.8 Å². The topological polar surface area (TPSA) is 155 Å². The summed E-state index contributed by atoms with van der Waals surface area (Å²) >= 11 is 0. The Bertz CT molecular complexity index is 1440. The zero-order valence-corrected chi connectivity index (χ0v) is 22.7. The average molecular weight is 565 g/mol. The van der Waals surface area contributed by atoms with Crippen molar-refractivity contribution in [2.24, 2.45) is 0 Å². The van der Waals surface area contributed by atoms with Gasteiger partial charge in [0.1, 0.15) is 5.76 Å². The van der Waals surface area contributed by atoms with Crippen LogP contribution in [0.1, 0.15) is 42.0 Å². The molecule has 4 N–H and O–H groups in total. The fourth-order valence-corrected chi connectivity index (χ4v) is 7.17. The fourth-order valence-electron chi connectivity index (χ4n) is 7.17. The molecule has 1 saturated heterocycles. The number of aliphatic carboxylic acids is 1. The molecule has 216 valence electrons. The number of carboxylic acids is 1. The van der Waals surface area contributed by atoms with E-state index in [4.69, 9.17) is 19.3 Å². The number of piperidine rings is 1. The number of rotatable bonds is 8. The molecular formula is C30H32N2O9. The Hall–Kier alpha value is -3.93. The summed E-state index contributed by atoms with van der Waals surface area (Å²) in [5.41, 5.74) is 0.321. The number of nitrogens with one attached hydrogen (secondary N) is 1. The molecular weight excluding hydrogens is 532 g/mol. The number of likely N-dealkylation sites (tertiary alicyclic amines) is 1. The van der Waals surface area contributed by atoms with Crippen molar-refractivity contribution in [3.8, 4) is 11.5 Å². The molecule has 11 heteroatoms. The number of carbonyl (C=O) groups is 3. The van der Waals surface area contributed by atoms with Gasteiger partial charge in [0.15, 0.2) is 29.7 Å². The van der Waals surface area contributed by atoms with Gasteiger partial charge in [-0.05, 0) is 49.7 Å². The van der Waals surface area contributed by atoms with Crippen molar-refractivity contribution < 1.29 is 43.9 Å². The lowest BCUT2D eigenvalue weighted by molar-refractivity contribution is -0.170. The Morgan fingerprint density at radius 1 is 1.20 bits per heavy atom. The number of benzene rings is 2. The largest absolute Gasteiger partial charge is 0.493 e. The number of amides is 1. The molecule has 2 heterocycles. The van der Waals surface area contributed by atoms with Crippen LogP contribution in [0, 0.1) is 0 Å². The van der Waals surface area contributed by atoms with Crippen molar-refractivity contribution in [1.82, 2.24) is 10.2 Å². The molecule has 1 amide bonds. The highest BCUT2D eigenvalue weighted by molar-refractivity contribution is 5.88. The maximum atomic E-state index is 13.7. The minimum atomic E-state index is -1.92. The summed E-state index contributed by atoms with van der Waals surface area (Å²) in [6.07, 6.45) is -0.336. The first-order valence-corrected chi connectivity index (χ1v) is 13.6. The minimum absolute atomic E-state index is 0.167. The number of carbonyl (C=O) groups excluding carboxylic acids is 2. The van der Waals surface area contributed by atoms with E-state index in [1.165, 1.54) is 0 Å². The number of hydrogen-bond acceptors (Lipinski definition) is 9. The Kier molecular flexibility index (Phi) is 6.55. The predicted molar refractivity (Wildman–Crippen MR) is 143 cm³/mol. The molecule has 4 aliphatic rings. The van der Waals surface area contributed by atoms with E-state index in [9.17, 15) is 24.6 Å². The van der Waals surface area contributed by atoms with Gasteiger partial charge < -0.3 is 39.7 Å². The van der Waals surface area contributed by atoms with Crippen LogP contribution >= 0.6 is 0 Å². The van der Waals surface area contributed by atoms with E-state index in [0.29, 0.717) is 36.4 Å². The van der Waals surface area contributed by atoms with Gasteiger partial charge in [0.05, 0.1) is 24.5 Å². The van der Waals surface area contributed by atoms with E-state index in [-0.39, 0.29) is 18.2 Å². The molecule has 6 atom stereocenters. The third kappa shape index (κ3) is 4.02. The quantitative estimate of drug-likeness (QED) is 0.344. The maximum absolute atomic E-state index is 13.7. The van der Waals surface area contributed by atoms with Gasteiger partial charge >= 0.3 is 11.9 Å². The van der Waals surface area contributed by atoms with Gasteiger partial charge in [0.2, 0.25) is 5.91 Å². The monoisotopic (exact) mass is 564 g/mol. The summed E-state index contributed by atoms with van der Waals surface area (Å²) < 4.78 is 18.1. The number of esters is 1. The van der Waals surface area contributed by atoms with Gasteiger partial charge in [-0.2, -0.15) is 0 Å². The number of aliphatic hydroxyl groups is 2. The first-order valence-electron chi connectivity index (χ1n) is 13.6. The van der Waals surface area contributed by atoms with Gasteiger partial charge in [-0.1, -0.05) is 36.4 Å². The van der Waals surface area contributed by atoms with Crippen LogP contribution in [0.3, 0.4) is 0 Å². The normalized spacial score (nSPS) is 28.8. The van der Waals surface area contributed by atoms with Gasteiger partial charge in [0, 0.05) is 18.0 Å². The van der Waals surface area contributed by atoms with Gasteiger partial charge in [-0.15, -0.1) is 0 Å². The number of carboxylic acid groups (broad SMARTS) is 1. The lowest BCUT2D eigenvalue weighted by Gasteiger charge is -2.61. The second kappa shape index (κ2) is 9.86. The fraction of sp³-hybridized carbons (Fsp3) is 0.433. The minimum Gasteiger partial charge on any atom is -0.493 e. The third-order valence-electron chi connectivity index (χ3n) is 9.11. The molecule has 2 aromatic rings. The first kappa shape index (κ1) is 27.3. The van der Waals surface area contributed by atoms with E-state index in [0.717, 1.165) is 11.1 Å². The van der Waals surface area contributed by atoms with Crippen molar-refractivity contribution in [2.45, 2.75) is 61.0 Å². The average Bonchev–Trinajstić information content (AvgIpc) is 3.31. The Morgan fingerprint density at radius 3 is 2.66 bits per heavy atom. The molecule has 2 aliphatic heterocycles. The van der Waals surface area contributed by atoms with Crippen LogP contribution in [0.15, 0.2) is 54.3 Å². The lowest BCUT2D eigenvalue weighted by Crippen LogP contribution is -2.74. The van der Waals surface area contributed by atoms with Crippen LogP contribution in [0.5, 0.6) is 11.5 Å². The molecule has 1 fully saturated rings. The highest BCUT2D eigenvalue weighted by atomic mass is 16.6. The molecule has 11 nitrogen and oxygen atoms in total. The van der Waals surface area contributed by atoms with Crippen LogP contribution in [-0.2, 0) is 31.0 Å². The Labute approximate surface area is 236 Å². The highest BCUT2D eigenvalue weighted by Gasteiger charge is 2.72. The third-order valence-corrected chi connectivity index (χ3v) is 9.11. The highest BCUT2D eigenvalue weighted by Crippen LogP contribution is 2.65. The molecule has 1 spiro atoms. The Morgan fingerprint density at radius 2 is 1.95 bits per heavy atom. The lowest BCUT2D eigenvalue weighted by atomic mass is 9.50. The molecule has 6 rings (SSSR count). The van der Waals surface area contributed by atoms with Crippen molar-refractivity contribution in [3.63, 3.8) is 0 Å². The number of nitrogens with zero attached hydrogens (tertiary/aromatic N) is 1. The number of methoxy groups -OCH3 is 1. The van der Waals surface area contributed by atoms with E-state index >= 15 is 0 Å². The van der Waals surface area contributed by atoms with Crippen LogP contribution in [0.25, 0.3) is 0 Å². The van der Waals surface area contributed by atoms with Crippen molar-refractivity contribution in [3.05, 3.63) is 71.0 Å². The zero-order valence-electron chi connectivity index (χ0n) is 22.7. The maximum Gasteiger partial charge on any atom is 0.338 e. The molecule has 41 heavy (non-hydrogen) atoms. The summed E-state index contributed by atoms with van der Waals surface area (Å²) in [6, 6.07) is 10.8. The van der Waals surface area contributed by atoms with Crippen LogP contribution in [0.4, 0.5) is 0 Å². The SMILES string of the molecule is COc1ccc2c3c1OC1C(OC(=O)[C@@H](NC(=O)C[C@H](O)C(=O)O)c4ccccc4)=CC[C@@]4(O)[C@@H](C2)N(C)CCC314. The van der Waals surface area contributed by atoms with E-state index < -0.39 is 53.5 Å². The summed E-state index contributed by atoms with van der Waals surface area (Å²) in [7, 11) is 3.56.